The molecule has 1 saturated heterocycles. The largest absolute Gasteiger partial charge is 0.394 e. The molecule has 8 nitrogen and oxygen atoms in total. The summed E-state index contributed by atoms with van der Waals surface area (Å²) in [6.07, 6.45) is 4.70. The van der Waals surface area contributed by atoms with E-state index in [1.54, 1.807) is 23.3 Å². The molecule has 1 aliphatic rings. The van der Waals surface area contributed by atoms with E-state index in [-0.39, 0.29) is 24.0 Å². The highest BCUT2D eigenvalue weighted by molar-refractivity contribution is 6.28. The second kappa shape index (κ2) is 5.92. The summed E-state index contributed by atoms with van der Waals surface area (Å²) in [4.78, 5) is 18.6. The highest BCUT2D eigenvalue weighted by Gasteiger charge is 2.28. The molecule has 3 rings (SSSR count). The van der Waals surface area contributed by atoms with Crippen molar-refractivity contribution in [3.8, 4) is 5.95 Å². The zero-order valence-electron chi connectivity index (χ0n) is 11.4. The zero-order valence-corrected chi connectivity index (χ0v) is 12.2. The van der Waals surface area contributed by atoms with Gasteiger partial charge < -0.3 is 14.7 Å². The van der Waals surface area contributed by atoms with Gasteiger partial charge in [0.05, 0.1) is 25.4 Å². The second-order valence-corrected chi connectivity index (χ2v) is 5.15. The Kier molecular flexibility index (Phi) is 4.00. The quantitative estimate of drug-likeness (QED) is 0.872. The fraction of sp³-hybridized carbons (Fsp3) is 0.500. The van der Waals surface area contributed by atoms with Crippen molar-refractivity contribution in [2.75, 3.05) is 24.7 Å². The van der Waals surface area contributed by atoms with Gasteiger partial charge in [-0.2, -0.15) is 15.0 Å². The van der Waals surface area contributed by atoms with Gasteiger partial charge >= 0.3 is 0 Å². The molecular weight excluding hydrogens is 296 g/mol. The van der Waals surface area contributed by atoms with Gasteiger partial charge in [0.25, 0.3) is 0 Å². The van der Waals surface area contributed by atoms with Gasteiger partial charge in [-0.1, -0.05) is 0 Å². The number of aliphatic hydroxyl groups excluding tert-OH is 1. The summed E-state index contributed by atoms with van der Waals surface area (Å²) in [7, 11) is 0. The molecule has 2 aromatic rings. The summed E-state index contributed by atoms with van der Waals surface area (Å²) in [6.45, 7) is 2.95. The maximum atomic E-state index is 9.26. The molecule has 0 aliphatic carbocycles. The minimum absolute atomic E-state index is 0.0452. The van der Waals surface area contributed by atoms with Crippen LogP contribution in [0, 0.1) is 0 Å². The van der Waals surface area contributed by atoms with Crippen LogP contribution in [-0.4, -0.2) is 61.5 Å². The fourth-order valence-corrected chi connectivity index (χ4v) is 2.31. The number of halogens is 1. The first-order valence-electron chi connectivity index (χ1n) is 6.56. The van der Waals surface area contributed by atoms with Gasteiger partial charge in [-0.25, -0.2) is 4.98 Å². The lowest BCUT2D eigenvalue weighted by Crippen LogP contribution is -2.50. The summed E-state index contributed by atoms with van der Waals surface area (Å²) in [6, 6.07) is 0.0851. The van der Waals surface area contributed by atoms with E-state index in [0.29, 0.717) is 25.0 Å². The van der Waals surface area contributed by atoms with Crippen LogP contribution in [0.25, 0.3) is 5.95 Å². The number of ether oxygens (including phenoxy) is 1. The van der Waals surface area contributed by atoms with Gasteiger partial charge in [0.15, 0.2) is 0 Å². The minimum Gasteiger partial charge on any atom is -0.394 e. The van der Waals surface area contributed by atoms with Crippen LogP contribution < -0.4 is 4.90 Å². The van der Waals surface area contributed by atoms with Gasteiger partial charge in [-0.05, 0) is 18.5 Å². The van der Waals surface area contributed by atoms with Crippen LogP contribution in [-0.2, 0) is 4.74 Å². The first kappa shape index (κ1) is 14.2. The highest BCUT2D eigenvalue weighted by atomic mass is 35.5. The Labute approximate surface area is 126 Å². The SMILES string of the molecule is CC1COC(CO)CN1c1nc(Cl)nc(-n2ccnc2)n1. The van der Waals surface area contributed by atoms with Crippen LogP contribution in [0.15, 0.2) is 18.7 Å². The molecular formula is C12H15ClN6O2. The van der Waals surface area contributed by atoms with E-state index in [2.05, 4.69) is 19.9 Å². The molecule has 0 spiro atoms. The third kappa shape index (κ3) is 2.97. The number of aromatic nitrogens is 5. The average molecular weight is 311 g/mol. The van der Waals surface area contributed by atoms with Crippen LogP contribution in [0.4, 0.5) is 5.95 Å². The molecule has 0 saturated carbocycles. The molecule has 2 unspecified atom stereocenters. The molecule has 1 aliphatic heterocycles. The van der Waals surface area contributed by atoms with Crippen LogP contribution in [0.3, 0.4) is 0 Å². The van der Waals surface area contributed by atoms with Crippen molar-refractivity contribution in [2.45, 2.75) is 19.1 Å². The summed E-state index contributed by atoms with van der Waals surface area (Å²) >= 11 is 6.00. The second-order valence-electron chi connectivity index (χ2n) is 4.81. The Bertz CT molecular complexity index is 608. The van der Waals surface area contributed by atoms with Crippen molar-refractivity contribution in [2.24, 2.45) is 0 Å². The minimum atomic E-state index is -0.256. The Morgan fingerprint density at radius 1 is 1.38 bits per heavy atom. The van der Waals surface area contributed by atoms with Crippen molar-refractivity contribution in [3.05, 3.63) is 24.0 Å². The maximum Gasteiger partial charge on any atom is 0.241 e. The van der Waals surface area contributed by atoms with E-state index in [1.807, 2.05) is 11.8 Å². The normalized spacial score (nSPS) is 22.5. The van der Waals surface area contributed by atoms with Crippen molar-refractivity contribution >= 4 is 17.5 Å². The van der Waals surface area contributed by atoms with Gasteiger partial charge in [-0.15, -0.1) is 0 Å². The molecule has 21 heavy (non-hydrogen) atoms. The van der Waals surface area contributed by atoms with Crippen LogP contribution >= 0.6 is 11.6 Å². The van der Waals surface area contributed by atoms with E-state index in [4.69, 9.17) is 16.3 Å². The lowest BCUT2D eigenvalue weighted by Gasteiger charge is -2.37. The van der Waals surface area contributed by atoms with E-state index in [9.17, 15) is 5.11 Å². The molecule has 0 amide bonds. The maximum absolute atomic E-state index is 9.26. The lowest BCUT2D eigenvalue weighted by atomic mass is 10.2. The predicted molar refractivity (Wildman–Crippen MR) is 75.6 cm³/mol. The molecule has 1 N–H and O–H groups in total. The van der Waals surface area contributed by atoms with Crippen molar-refractivity contribution in [3.63, 3.8) is 0 Å². The molecule has 9 heteroatoms. The van der Waals surface area contributed by atoms with E-state index in [1.165, 1.54) is 0 Å². The van der Waals surface area contributed by atoms with E-state index >= 15 is 0 Å². The molecule has 2 aromatic heterocycles. The molecule has 0 bridgehead atoms. The van der Waals surface area contributed by atoms with Crippen LogP contribution in [0.2, 0.25) is 5.28 Å². The van der Waals surface area contributed by atoms with Gasteiger partial charge in [0, 0.05) is 18.9 Å². The first-order chi connectivity index (χ1) is 10.2. The van der Waals surface area contributed by atoms with Crippen LogP contribution in [0.1, 0.15) is 6.92 Å². The van der Waals surface area contributed by atoms with Gasteiger partial charge in [-0.3, -0.25) is 4.57 Å². The van der Waals surface area contributed by atoms with E-state index in [0.717, 1.165) is 0 Å². The first-order valence-corrected chi connectivity index (χ1v) is 6.94. The topological polar surface area (TPSA) is 89.2 Å². The fourth-order valence-electron chi connectivity index (χ4n) is 2.16. The van der Waals surface area contributed by atoms with Crippen molar-refractivity contribution in [1.29, 1.82) is 0 Å². The summed E-state index contributed by atoms with van der Waals surface area (Å²) < 4.78 is 7.17. The number of imidazole rings is 1. The Hall–Kier alpha value is -1.77. The number of hydrogen-bond donors (Lipinski definition) is 1. The third-order valence-corrected chi connectivity index (χ3v) is 3.45. The Morgan fingerprint density at radius 2 is 2.19 bits per heavy atom. The van der Waals surface area contributed by atoms with E-state index < -0.39 is 0 Å². The van der Waals surface area contributed by atoms with Crippen molar-refractivity contribution in [1.82, 2.24) is 24.5 Å². The molecule has 3 heterocycles. The zero-order chi connectivity index (χ0) is 14.8. The predicted octanol–water partition coefficient (Wildman–Crippen LogP) is 0.297. The molecule has 0 aromatic carbocycles. The van der Waals surface area contributed by atoms with Crippen LogP contribution in [0.5, 0.6) is 0 Å². The number of rotatable bonds is 3. The number of anilines is 1. The number of aliphatic hydroxyl groups is 1. The molecule has 2 atom stereocenters. The molecule has 1 fully saturated rings. The summed E-state index contributed by atoms with van der Waals surface area (Å²) in [5.41, 5.74) is 0. The number of hydrogen-bond acceptors (Lipinski definition) is 7. The highest BCUT2D eigenvalue weighted by Crippen LogP contribution is 2.20. The van der Waals surface area contributed by atoms with Gasteiger partial charge in [0.2, 0.25) is 17.2 Å². The number of morpholine rings is 1. The molecule has 112 valence electrons. The van der Waals surface area contributed by atoms with Crippen molar-refractivity contribution < 1.29 is 9.84 Å². The molecule has 0 radical (unpaired) electrons. The summed E-state index contributed by atoms with van der Waals surface area (Å²) in [5, 5.41) is 9.37. The summed E-state index contributed by atoms with van der Waals surface area (Å²) in [5.74, 6) is 0.870. The smallest absolute Gasteiger partial charge is 0.241 e. The third-order valence-electron chi connectivity index (χ3n) is 3.29. The van der Waals surface area contributed by atoms with Gasteiger partial charge in [0.1, 0.15) is 6.33 Å². The number of nitrogens with zero attached hydrogens (tertiary/aromatic N) is 6. The monoisotopic (exact) mass is 310 g/mol. The Morgan fingerprint density at radius 3 is 2.90 bits per heavy atom. The average Bonchev–Trinajstić information content (AvgIpc) is 3.01. The standard InChI is InChI=1S/C12H15ClN6O2/c1-8-6-21-9(5-20)4-19(8)12-16-10(13)15-11(17-12)18-3-2-14-7-18/h2-3,7-9,20H,4-6H2,1H3. The lowest BCUT2D eigenvalue weighted by molar-refractivity contribution is -0.0108. The Balaban J connectivity index is 1.94.